The second kappa shape index (κ2) is 3.03. The van der Waals surface area contributed by atoms with Gasteiger partial charge in [-0.1, -0.05) is 0 Å². The van der Waals surface area contributed by atoms with E-state index in [1.54, 1.807) is 0 Å². The number of anilines is 1. The second-order valence-corrected chi connectivity index (χ2v) is 4.51. The lowest BCUT2D eigenvalue weighted by Crippen LogP contribution is -1.98. The predicted octanol–water partition coefficient (Wildman–Crippen LogP) is 1.24. The van der Waals surface area contributed by atoms with Crippen molar-refractivity contribution in [2.75, 3.05) is 5.73 Å². The van der Waals surface area contributed by atoms with Crippen LogP contribution in [-0.4, -0.2) is 19.1 Å². The van der Waals surface area contributed by atoms with E-state index in [0.717, 1.165) is 47.3 Å². The van der Waals surface area contributed by atoms with Gasteiger partial charge in [0.25, 0.3) is 0 Å². The van der Waals surface area contributed by atoms with E-state index >= 15 is 0 Å². The predicted molar refractivity (Wildman–Crippen MR) is 58.6 cm³/mol. The van der Waals surface area contributed by atoms with E-state index in [1.807, 2.05) is 6.92 Å². The molecule has 0 spiro atoms. The van der Waals surface area contributed by atoms with E-state index < -0.39 is 0 Å². The fourth-order valence-electron chi connectivity index (χ4n) is 1.99. The molecule has 1 aliphatic rings. The normalized spacial score (nSPS) is 14.5. The summed E-state index contributed by atoms with van der Waals surface area (Å²) in [6, 6.07) is 0. The number of aryl methyl sites for hydroxylation is 2. The monoisotopic (exact) mass is 221 g/mol. The van der Waals surface area contributed by atoms with E-state index in [-0.39, 0.29) is 0 Å². The van der Waals surface area contributed by atoms with Gasteiger partial charge >= 0.3 is 0 Å². The molecule has 0 bridgehead atoms. The summed E-state index contributed by atoms with van der Waals surface area (Å²) in [5.41, 5.74) is 7.80. The largest absolute Gasteiger partial charge is 0.389 e. The van der Waals surface area contributed by atoms with Crippen molar-refractivity contribution < 1.29 is 0 Å². The Morgan fingerprint density at radius 1 is 1.40 bits per heavy atom. The maximum Gasteiger partial charge on any atom is 0.168 e. The van der Waals surface area contributed by atoms with E-state index in [4.69, 9.17) is 5.73 Å². The SMILES string of the molecule is Cc1nsc(N)c1-c1nnc2n1CCC2. The van der Waals surface area contributed by atoms with Crippen LogP contribution in [0, 0.1) is 6.92 Å². The van der Waals surface area contributed by atoms with Gasteiger partial charge in [0, 0.05) is 13.0 Å². The van der Waals surface area contributed by atoms with Crippen LogP contribution >= 0.6 is 11.5 Å². The zero-order chi connectivity index (χ0) is 10.4. The van der Waals surface area contributed by atoms with Gasteiger partial charge in [-0.05, 0) is 24.9 Å². The van der Waals surface area contributed by atoms with Crippen molar-refractivity contribution in [3.63, 3.8) is 0 Å². The minimum absolute atomic E-state index is 0.731. The molecule has 2 aromatic rings. The number of nitrogens with zero attached hydrogens (tertiary/aromatic N) is 4. The average Bonchev–Trinajstić information content (AvgIpc) is 2.84. The van der Waals surface area contributed by atoms with E-state index in [1.165, 1.54) is 11.5 Å². The van der Waals surface area contributed by atoms with Crippen molar-refractivity contribution in [3.05, 3.63) is 11.5 Å². The highest BCUT2D eigenvalue weighted by Gasteiger charge is 2.22. The number of nitrogens with two attached hydrogens (primary N) is 1. The van der Waals surface area contributed by atoms with Crippen LogP contribution in [0.4, 0.5) is 5.00 Å². The van der Waals surface area contributed by atoms with Gasteiger partial charge in [-0.3, -0.25) is 0 Å². The minimum atomic E-state index is 0.731. The standard InChI is InChI=1S/C9H11N5S/c1-5-7(8(10)15-13-5)9-12-11-6-3-2-4-14(6)9/h2-4,10H2,1H3. The summed E-state index contributed by atoms with van der Waals surface area (Å²) in [7, 11) is 0. The first-order valence-corrected chi connectivity index (χ1v) is 5.69. The Balaban J connectivity index is 2.21. The molecule has 15 heavy (non-hydrogen) atoms. The molecular formula is C9H11N5S. The van der Waals surface area contributed by atoms with Gasteiger partial charge in [0.1, 0.15) is 10.8 Å². The van der Waals surface area contributed by atoms with Crippen LogP contribution in [-0.2, 0) is 13.0 Å². The van der Waals surface area contributed by atoms with Crippen LogP contribution in [0.1, 0.15) is 17.9 Å². The molecule has 5 nitrogen and oxygen atoms in total. The lowest BCUT2D eigenvalue weighted by Gasteiger charge is -2.02. The molecule has 0 aliphatic carbocycles. The quantitative estimate of drug-likeness (QED) is 0.786. The van der Waals surface area contributed by atoms with Crippen molar-refractivity contribution >= 4 is 16.5 Å². The fraction of sp³-hybridized carbons (Fsp3) is 0.444. The summed E-state index contributed by atoms with van der Waals surface area (Å²) in [6.45, 7) is 2.95. The number of hydrogen-bond donors (Lipinski definition) is 1. The van der Waals surface area contributed by atoms with Gasteiger partial charge in [0.05, 0.1) is 11.3 Å². The van der Waals surface area contributed by atoms with Crippen LogP contribution < -0.4 is 5.73 Å². The van der Waals surface area contributed by atoms with E-state index in [2.05, 4.69) is 19.1 Å². The molecule has 6 heteroatoms. The van der Waals surface area contributed by atoms with Gasteiger partial charge < -0.3 is 10.3 Å². The highest BCUT2D eigenvalue weighted by atomic mass is 32.1. The molecular weight excluding hydrogens is 210 g/mol. The molecule has 0 unspecified atom stereocenters. The van der Waals surface area contributed by atoms with Gasteiger partial charge in [0.2, 0.25) is 0 Å². The molecule has 78 valence electrons. The molecule has 3 rings (SSSR count). The lowest BCUT2D eigenvalue weighted by molar-refractivity contribution is 0.748. The Morgan fingerprint density at radius 3 is 3.00 bits per heavy atom. The first-order chi connectivity index (χ1) is 7.27. The molecule has 0 radical (unpaired) electrons. The molecule has 1 aliphatic heterocycles. The topological polar surface area (TPSA) is 69.6 Å². The summed E-state index contributed by atoms with van der Waals surface area (Å²) in [4.78, 5) is 0. The minimum Gasteiger partial charge on any atom is -0.389 e. The number of aromatic nitrogens is 4. The second-order valence-electron chi connectivity index (χ2n) is 3.70. The van der Waals surface area contributed by atoms with Crippen LogP contribution in [0.25, 0.3) is 11.4 Å². The van der Waals surface area contributed by atoms with Crippen LogP contribution in [0.5, 0.6) is 0 Å². The summed E-state index contributed by atoms with van der Waals surface area (Å²) in [5.74, 6) is 1.95. The summed E-state index contributed by atoms with van der Waals surface area (Å²) >= 11 is 1.32. The molecule has 2 N–H and O–H groups in total. The average molecular weight is 221 g/mol. The van der Waals surface area contributed by atoms with Crippen molar-refractivity contribution in [2.24, 2.45) is 0 Å². The fourth-order valence-corrected chi connectivity index (χ4v) is 2.65. The number of hydrogen-bond acceptors (Lipinski definition) is 5. The van der Waals surface area contributed by atoms with Crippen molar-refractivity contribution in [1.29, 1.82) is 0 Å². The first-order valence-electron chi connectivity index (χ1n) is 4.91. The van der Waals surface area contributed by atoms with Crippen molar-refractivity contribution in [1.82, 2.24) is 19.1 Å². The number of rotatable bonds is 1. The molecule has 0 saturated carbocycles. The third-order valence-electron chi connectivity index (χ3n) is 2.72. The maximum absolute atomic E-state index is 5.90. The van der Waals surface area contributed by atoms with E-state index in [9.17, 15) is 0 Å². The Labute approximate surface area is 91.1 Å². The first kappa shape index (κ1) is 8.84. The molecule has 3 heterocycles. The van der Waals surface area contributed by atoms with Gasteiger partial charge in [-0.15, -0.1) is 10.2 Å². The number of nitrogen functional groups attached to an aromatic ring is 1. The lowest BCUT2D eigenvalue weighted by atomic mass is 10.2. The van der Waals surface area contributed by atoms with Crippen LogP contribution in [0.3, 0.4) is 0 Å². The highest BCUT2D eigenvalue weighted by Crippen LogP contribution is 2.32. The summed E-state index contributed by atoms with van der Waals surface area (Å²) < 4.78 is 6.38. The third kappa shape index (κ3) is 1.18. The highest BCUT2D eigenvalue weighted by molar-refractivity contribution is 7.10. The third-order valence-corrected chi connectivity index (χ3v) is 3.49. The van der Waals surface area contributed by atoms with Crippen LogP contribution in [0.2, 0.25) is 0 Å². The molecule has 0 saturated heterocycles. The maximum atomic E-state index is 5.90. The Bertz CT molecular complexity index is 493. The molecule has 0 amide bonds. The molecule has 0 atom stereocenters. The van der Waals surface area contributed by atoms with Gasteiger partial charge in [-0.2, -0.15) is 4.37 Å². The van der Waals surface area contributed by atoms with E-state index in [0.29, 0.717) is 0 Å². The smallest absolute Gasteiger partial charge is 0.168 e. The van der Waals surface area contributed by atoms with Crippen molar-refractivity contribution in [2.45, 2.75) is 26.3 Å². The molecule has 0 fully saturated rings. The molecule has 2 aromatic heterocycles. The molecule has 0 aromatic carbocycles. The van der Waals surface area contributed by atoms with Crippen molar-refractivity contribution in [3.8, 4) is 11.4 Å². The zero-order valence-corrected chi connectivity index (χ0v) is 9.21. The van der Waals surface area contributed by atoms with Gasteiger partial charge in [-0.25, -0.2) is 0 Å². The van der Waals surface area contributed by atoms with Gasteiger partial charge in [0.15, 0.2) is 5.82 Å². The summed E-state index contributed by atoms with van der Waals surface area (Å²) in [5, 5.41) is 9.10. The Morgan fingerprint density at radius 2 is 2.27 bits per heavy atom. The zero-order valence-electron chi connectivity index (χ0n) is 8.40. The number of fused-ring (bicyclic) bond motifs is 1. The summed E-state index contributed by atoms with van der Waals surface area (Å²) in [6.07, 6.45) is 2.16. The Kier molecular flexibility index (Phi) is 1.79. The van der Waals surface area contributed by atoms with Crippen LogP contribution in [0.15, 0.2) is 0 Å². The Hall–Kier alpha value is -1.43.